The Hall–Kier alpha value is -0.220. The molecule has 4 heteroatoms. The minimum atomic E-state index is 0.376. The lowest BCUT2D eigenvalue weighted by atomic mass is 9.75. The smallest absolute Gasteiger partial charge is 0.156 e. The molecule has 1 saturated carbocycles. The van der Waals surface area contributed by atoms with Gasteiger partial charge in [-0.25, -0.2) is 0 Å². The van der Waals surface area contributed by atoms with Crippen molar-refractivity contribution in [1.29, 1.82) is 0 Å². The molecule has 1 unspecified atom stereocenters. The Morgan fingerprint density at radius 2 is 2.05 bits per heavy atom. The zero-order valence-corrected chi connectivity index (χ0v) is 14.1. The molecule has 2 rings (SSSR count). The number of thioether (sulfide) groups is 1. The lowest BCUT2D eigenvalue weighted by Gasteiger charge is -2.39. The van der Waals surface area contributed by atoms with E-state index < -0.39 is 0 Å². The van der Waals surface area contributed by atoms with E-state index in [-0.39, 0.29) is 0 Å². The average Bonchev–Trinajstić information content (AvgIpc) is 2.46. The number of rotatable bonds is 5. The van der Waals surface area contributed by atoms with Crippen LogP contribution in [0.25, 0.3) is 0 Å². The zero-order valence-electron chi connectivity index (χ0n) is 13.3. The lowest BCUT2D eigenvalue weighted by Crippen LogP contribution is -2.44. The van der Waals surface area contributed by atoms with Crippen molar-refractivity contribution < 1.29 is 4.74 Å². The molecule has 116 valence electrons. The van der Waals surface area contributed by atoms with Crippen LogP contribution < -0.4 is 5.32 Å². The Balaban J connectivity index is 1.86. The molecule has 3 nitrogen and oxygen atoms in total. The summed E-state index contributed by atoms with van der Waals surface area (Å²) in [6, 6.07) is 0.376. The maximum atomic E-state index is 5.58. The van der Waals surface area contributed by atoms with Crippen LogP contribution >= 0.6 is 11.8 Å². The van der Waals surface area contributed by atoms with Gasteiger partial charge >= 0.3 is 0 Å². The van der Waals surface area contributed by atoms with Gasteiger partial charge in [-0.05, 0) is 31.1 Å². The molecule has 1 N–H and O–H groups in total. The van der Waals surface area contributed by atoms with Crippen molar-refractivity contribution in [3.05, 3.63) is 0 Å². The van der Waals surface area contributed by atoms with Gasteiger partial charge in [0.15, 0.2) is 5.17 Å². The van der Waals surface area contributed by atoms with Gasteiger partial charge in [0.2, 0.25) is 0 Å². The molecule has 1 aliphatic carbocycles. The topological polar surface area (TPSA) is 33.6 Å². The van der Waals surface area contributed by atoms with E-state index >= 15 is 0 Å². The van der Waals surface area contributed by atoms with Gasteiger partial charge in [0.25, 0.3) is 0 Å². The van der Waals surface area contributed by atoms with Crippen LogP contribution in [0.3, 0.4) is 0 Å². The Kier molecular flexibility index (Phi) is 6.21. The van der Waals surface area contributed by atoms with Crippen LogP contribution in [0, 0.1) is 11.3 Å². The van der Waals surface area contributed by atoms with E-state index in [2.05, 4.69) is 26.1 Å². The van der Waals surface area contributed by atoms with Gasteiger partial charge in [-0.3, -0.25) is 4.99 Å². The molecule has 1 fully saturated rings. The number of amidine groups is 1. The fraction of sp³-hybridized carbons (Fsp3) is 0.938. The van der Waals surface area contributed by atoms with E-state index in [1.165, 1.54) is 37.9 Å². The van der Waals surface area contributed by atoms with Gasteiger partial charge in [-0.2, -0.15) is 0 Å². The molecular formula is C16H30N2OS. The monoisotopic (exact) mass is 298 g/mol. The van der Waals surface area contributed by atoms with Gasteiger partial charge < -0.3 is 10.1 Å². The fourth-order valence-corrected chi connectivity index (χ4v) is 4.26. The third kappa shape index (κ3) is 4.39. The third-order valence-corrected chi connectivity index (χ3v) is 5.88. The second kappa shape index (κ2) is 7.69. The molecule has 1 spiro atoms. The SMILES string of the molecule is CCOCC(NC1=NCC2(CCCCC2)CS1)C(C)C. The fourth-order valence-electron chi connectivity index (χ4n) is 3.05. The molecule has 2 aliphatic rings. The van der Waals surface area contributed by atoms with Crippen LogP contribution in [0.1, 0.15) is 52.9 Å². The summed E-state index contributed by atoms with van der Waals surface area (Å²) in [7, 11) is 0. The first-order valence-electron chi connectivity index (χ1n) is 8.17. The summed E-state index contributed by atoms with van der Waals surface area (Å²) in [4.78, 5) is 4.85. The summed E-state index contributed by atoms with van der Waals surface area (Å²) in [5, 5.41) is 4.74. The normalized spacial score (nSPS) is 23.7. The molecule has 0 aromatic carbocycles. The van der Waals surface area contributed by atoms with Gasteiger partial charge in [0.05, 0.1) is 12.6 Å². The molecule has 0 amide bonds. The van der Waals surface area contributed by atoms with Gasteiger partial charge in [0, 0.05) is 18.9 Å². The van der Waals surface area contributed by atoms with Crippen molar-refractivity contribution in [2.24, 2.45) is 16.3 Å². The second-order valence-electron chi connectivity index (χ2n) is 6.63. The number of hydrogen-bond donors (Lipinski definition) is 1. The highest BCUT2D eigenvalue weighted by atomic mass is 32.2. The quantitative estimate of drug-likeness (QED) is 0.840. The number of ether oxygens (including phenoxy) is 1. The number of aliphatic imine (C=N–C) groups is 1. The highest BCUT2D eigenvalue weighted by Crippen LogP contribution is 2.41. The number of nitrogens with zero attached hydrogens (tertiary/aromatic N) is 1. The molecular weight excluding hydrogens is 268 g/mol. The minimum Gasteiger partial charge on any atom is -0.380 e. The van der Waals surface area contributed by atoms with E-state index in [4.69, 9.17) is 9.73 Å². The molecule has 1 atom stereocenters. The summed E-state index contributed by atoms with van der Waals surface area (Å²) in [6.07, 6.45) is 6.98. The van der Waals surface area contributed by atoms with Crippen LogP contribution in [0.15, 0.2) is 4.99 Å². The number of hydrogen-bond acceptors (Lipinski definition) is 4. The van der Waals surface area contributed by atoms with E-state index in [0.717, 1.165) is 24.9 Å². The van der Waals surface area contributed by atoms with Crippen molar-refractivity contribution in [1.82, 2.24) is 5.32 Å². The first-order valence-corrected chi connectivity index (χ1v) is 9.15. The minimum absolute atomic E-state index is 0.376. The molecule has 0 bridgehead atoms. The highest BCUT2D eigenvalue weighted by Gasteiger charge is 2.35. The first kappa shape index (κ1) is 16.2. The van der Waals surface area contributed by atoms with Crippen LogP contribution in [-0.4, -0.2) is 36.7 Å². The maximum Gasteiger partial charge on any atom is 0.156 e. The molecule has 1 aliphatic heterocycles. The van der Waals surface area contributed by atoms with Crippen LogP contribution in [-0.2, 0) is 4.74 Å². The van der Waals surface area contributed by atoms with Crippen molar-refractivity contribution in [2.75, 3.05) is 25.5 Å². The summed E-state index contributed by atoms with van der Waals surface area (Å²) in [5.74, 6) is 1.81. The van der Waals surface area contributed by atoms with Gasteiger partial charge in [-0.1, -0.05) is 44.9 Å². The predicted octanol–water partition coefficient (Wildman–Crippen LogP) is 3.69. The maximum absolute atomic E-state index is 5.58. The summed E-state index contributed by atoms with van der Waals surface area (Å²) in [5.41, 5.74) is 0.515. The van der Waals surface area contributed by atoms with Crippen LogP contribution in [0.2, 0.25) is 0 Å². The highest BCUT2D eigenvalue weighted by molar-refractivity contribution is 8.13. The summed E-state index contributed by atoms with van der Waals surface area (Å²) < 4.78 is 5.58. The van der Waals surface area contributed by atoms with Crippen LogP contribution in [0.4, 0.5) is 0 Å². The Bertz CT molecular complexity index is 324. The lowest BCUT2D eigenvalue weighted by molar-refractivity contribution is 0.115. The molecule has 20 heavy (non-hydrogen) atoms. The molecule has 0 aromatic rings. The summed E-state index contributed by atoms with van der Waals surface area (Å²) in [6.45, 7) is 9.13. The van der Waals surface area contributed by atoms with Gasteiger partial charge in [-0.15, -0.1) is 0 Å². The van der Waals surface area contributed by atoms with E-state index in [1.54, 1.807) is 0 Å². The molecule has 0 saturated heterocycles. The standard InChI is InChI=1S/C16H30N2OS/c1-4-19-10-14(13(2)3)18-15-17-11-16(12-20-15)8-6-5-7-9-16/h13-14H,4-12H2,1-3H3,(H,17,18). The number of nitrogens with one attached hydrogen (secondary N) is 1. The summed E-state index contributed by atoms with van der Waals surface area (Å²) >= 11 is 1.93. The van der Waals surface area contributed by atoms with Crippen molar-refractivity contribution in [2.45, 2.75) is 58.9 Å². The predicted molar refractivity (Wildman–Crippen MR) is 88.5 cm³/mol. The molecule has 0 radical (unpaired) electrons. The largest absolute Gasteiger partial charge is 0.380 e. The average molecular weight is 298 g/mol. The van der Waals surface area contributed by atoms with E-state index in [1.807, 2.05) is 11.8 Å². The third-order valence-electron chi connectivity index (χ3n) is 4.60. The van der Waals surface area contributed by atoms with Crippen molar-refractivity contribution in [3.63, 3.8) is 0 Å². The van der Waals surface area contributed by atoms with E-state index in [0.29, 0.717) is 17.4 Å². The van der Waals surface area contributed by atoms with Crippen molar-refractivity contribution >= 4 is 16.9 Å². The first-order chi connectivity index (χ1) is 9.65. The van der Waals surface area contributed by atoms with Crippen molar-refractivity contribution in [3.8, 4) is 0 Å². The van der Waals surface area contributed by atoms with E-state index in [9.17, 15) is 0 Å². The molecule has 1 heterocycles. The zero-order chi connectivity index (χ0) is 14.4. The molecule has 0 aromatic heterocycles. The van der Waals surface area contributed by atoms with Gasteiger partial charge in [0.1, 0.15) is 0 Å². The Morgan fingerprint density at radius 3 is 2.60 bits per heavy atom. The Morgan fingerprint density at radius 1 is 1.30 bits per heavy atom. The Labute approximate surface area is 128 Å². The second-order valence-corrected chi connectivity index (χ2v) is 7.59. The van der Waals surface area contributed by atoms with Crippen LogP contribution in [0.5, 0.6) is 0 Å².